The zero-order valence-corrected chi connectivity index (χ0v) is 19.1. The summed E-state index contributed by atoms with van der Waals surface area (Å²) < 4.78 is 26.6. The third kappa shape index (κ3) is 5.21. The number of furan rings is 1. The lowest BCUT2D eigenvalue weighted by Crippen LogP contribution is -2.16. The van der Waals surface area contributed by atoms with E-state index < -0.39 is 5.91 Å². The van der Waals surface area contributed by atoms with Crippen LogP contribution in [0.2, 0.25) is 0 Å². The molecular formula is C23H15Br2FN2O3. The number of hydrazone groups is 1. The lowest BCUT2D eigenvalue weighted by molar-refractivity contribution is 0.0929. The molecule has 0 atom stereocenters. The number of hydrogen-bond acceptors (Lipinski definition) is 4. The zero-order valence-electron chi connectivity index (χ0n) is 15.9. The molecule has 31 heavy (non-hydrogen) atoms. The Labute approximate surface area is 194 Å². The summed E-state index contributed by atoms with van der Waals surface area (Å²) in [5.41, 5.74) is 4.21. The van der Waals surface area contributed by atoms with Crippen molar-refractivity contribution in [2.75, 3.05) is 0 Å². The number of nitrogens with one attached hydrogen (secondary N) is 1. The van der Waals surface area contributed by atoms with E-state index in [2.05, 4.69) is 42.4 Å². The van der Waals surface area contributed by atoms with Gasteiger partial charge in [0.05, 0.1) is 10.7 Å². The number of rotatable bonds is 6. The van der Waals surface area contributed by atoms with Crippen LogP contribution in [-0.4, -0.2) is 12.1 Å². The van der Waals surface area contributed by atoms with Crippen LogP contribution in [0.3, 0.4) is 0 Å². The number of benzene rings is 3. The molecule has 0 aliphatic carbocycles. The molecule has 4 aromatic rings. The van der Waals surface area contributed by atoms with Gasteiger partial charge in [0.2, 0.25) is 0 Å². The topological polar surface area (TPSA) is 63.8 Å². The lowest BCUT2D eigenvalue weighted by atomic mass is 10.2. The van der Waals surface area contributed by atoms with Crippen molar-refractivity contribution in [2.45, 2.75) is 6.61 Å². The SMILES string of the molecule is O=C(N/N=C\c1cccc(OCc2ccccc2F)c1)c1cc2cc(Br)cc(Br)c2o1. The molecule has 1 amide bonds. The van der Waals surface area contributed by atoms with Gasteiger partial charge in [-0.25, -0.2) is 9.82 Å². The van der Waals surface area contributed by atoms with Gasteiger partial charge in [0.15, 0.2) is 5.76 Å². The van der Waals surface area contributed by atoms with Crippen LogP contribution in [0.4, 0.5) is 4.39 Å². The van der Waals surface area contributed by atoms with Gasteiger partial charge in [0.25, 0.3) is 0 Å². The Bertz CT molecular complexity index is 1290. The van der Waals surface area contributed by atoms with Crippen molar-refractivity contribution in [1.29, 1.82) is 0 Å². The van der Waals surface area contributed by atoms with Crippen molar-refractivity contribution in [3.63, 3.8) is 0 Å². The van der Waals surface area contributed by atoms with E-state index in [1.54, 1.807) is 48.5 Å². The van der Waals surface area contributed by atoms with Crippen molar-refractivity contribution in [2.24, 2.45) is 5.10 Å². The average molecular weight is 546 g/mol. The smallest absolute Gasteiger partial charge is 0.307 e. The molecule has 0 aliphatic rings. The van der Waals surface area contributed by atoms with Crippen LogP contribution in [0, 0.1) is 5.82 Å². The fourth-order valence-electron chi connectivity index (χ4n) is 2.87. The van der Waals surface area contributed by atoms with Crippen LogP contribution in [-0.2, 0) is 6.61 Å². The predicted octanol–water partition coefficient (Wildman–Crippen LogP) is 6.44. The molecule has 0 bridgehead atoms. The van der Waals surface area contributed by atoms with E-state index in [0.717, 1.165) is 14.3 Å². The van der Waals surface area contributed by atoms with Crippen molar-refractivity contribution < 1.29 is 18.3 Å². The highest BCUT2D eigenvalue weighted by atomic mass is 79.9. The van der Waals surface area contributed by atoms with E-state index in [1.165, 1.54) is 12.3 Å². The van der Waals surface area contributed by atoms with Gasteiger partial charge in [-0.15, -0.1) is 0 Å². The molecule has 0 spiro atoms. The number of hydrogen-bond donors (Lipinski definition) is 1. The number of amides is 1. The van der Waals surface area contributed by atoms with Crippen LogP contribution < -0.4 is 10.2 Å². The Hall–Kier alpha value is -2.97. The molecule has 156 valence electrons. The Kier molecular flexibility index (Phi) is 6.48. The summed E-state index contributed by atoms with van der Waals surface area (Å²) in [4.78, 5) is 12.4. The van der Waals surface area contributed by atoms with E-state index in [-0.39, 0.29) is 18.2 Å². The number of ether oxygens (including phenoxy) is 1. The molecule has 0 aliphatic heterocycles. The molecule has 1 heterocycles. The molecular weight excluding hydrogens is 531 g/mol. The Morgan fingerprint density at radius 1 is 1.10 bits per heavy atom. The van der Waals surface area contributed by atoms with Crippen LogP contribution in [0.15, 0.2) is 85.2 Å². The molecule has 0 saturated carbocycles. The maximum absolute atomic E-state index is 13.7. The normalized spacial score (nSPS) is 11.2. The minimum atomic E-state index is -0.470. The first-order valence-corrected chi connectivity index (χ1v) is 10.8. The fourth-order valence-corrected chi connectivity index (χ4v) is 4.21. The summed E-state index contributed by atoms with van der Waals surface area (Å²) in [5.74, 6) is -0.0745. The molecule has 0 radical (unpaired) electrons. The highest BCUT2D eigenvalue weighted by molar-refractivity contribution is 9.11. The lowest BCUT2D eigenvalue weighted by Gasteiger charge is -2.07. The van der Waals surface area contributed by atoms with Crippen LogP contribution >= 0.6 is 31.9 Å². The van der Waals surface area contributed by atoms with Gasteiger partial charge in [0.1, 0.15) is 23.8 Å². The zero-order chi connectivity index (χ0) is 21.8. The maximum atomic E-state index is 13.7. The van der Waals surface area contributed by atoms with E-state index in [9.17, 15) is 9.18 Å². The van der Waals surface area contributed by atoms with Crippen LogP contribution in [0.1, 0.15) is 21.7 Å². The first-order chi connectivity index (χ1) is 15.0. The van der Waals surface area contributed by atoms with Gasteiger partial charge in [0, 0.05) is 15.4 Å². The molecule has 4 rings (SSSR count). The predicted molar refractivity (Wildman–Crippen MR) is 124 cm³/mol. The molecule has 1 aromatic heterocycles. The number of fused-ring (bicyclic) bond motifs is 1. The van der Waals surface area contributed by atoms with Gasteiger partial charge in [-0.2, -0.15) is 5.10 Å². The van der Waals surface area contributed by atoms with Crippen LogP contribution in [0.5, 0.6) is 5.75 Å². The number of halogens is 3. The highest BCUT2D eigenvalue weighted by Gasteiger charge is 2.14. The third-order valence-electron chi connectivity index (χ3n) is 4.35. The minimum Gasteiger partial charge on any atom is -0.489 e. The largest absolute Gasteiger partial charge is 0.489 e. The third-order valence-corrected chi connectivity index (χ3v) is 5.40. The molecule has 0 saturated heterocycles. The maximum Gasteiger partial charge on any atom is 0.307 e. The molecule has 3 aromatic carbocycles. The van der Waals surface area contributed by atoms with Crippen molar-refractivity contribution in [1.82, 2.24) is 5.43 Å². The highest BCUT2D eigenvalue weighted by Crippen LogP contribution is 2.31. The van der Waals surface area contributed by atoms with Crippen molar-refractivity contribution >= 4 is 55.0 Å². The molecule has 8 heteroatoms. The summed E-state index contributed by atoms with van der Waals surface area (Å²) in [6, 6.07) is 18.9. The van der Waals surface area contributed by atoms with Gasteiger partial charge in [-0.3, -0.25) is 4.79 Å². The van der Waals surface area contributed by atoms with Gasteiger partial charge in [-0.1, -0.05) is 46.3 Å². The van der Waals surface area contributed by atoms with E-state index in [4.69, 9.17) is 9.15 Å². The Balaban J connectivity index is 1.40. The minimum absolute atomic E-state index is 0.113. The Morgan fingerprint density at radius 3 is 2.77 bits per heavy atom. The summed E-state index contributed by atoms with van der Waals surface area (Å²) in [6.07, 6.45) is 1.49. The average Bonchev–Trinajstić information content (AvgIpc) is 3.18. The summed E-state index contributed by atoms with van der Waals surface area (Å²) >= 11 is 6.82. The molecule has 0 fully saturated rings. The van der Waals surface area contributed by atoms with Gasteiger partial charge in [-0.05, 0) is 57.9 Å². The van der Waals surface area contributed by atoms with E-state index >= 15 is 0 Å². The second kappa shape index (κ2) is 9.45. The first-order valence-electron chi connectivity index (χ1n) is 9.18. The summed E-state index contributed by atoms with van der Waals surface area (Å²) in [5, 5.41) is 4.77. The standard InChI is InChI=1S/C23H15Br2FN2O3/c24-17-9-16-10-21(31-22(16)19(25)11-17)23(29)28-27-12-14-4-3-6-18(8-14)30-13-15-5-1-2-7-20(15)26/h1-12H,13H2,(H,28,29)/b27-12-. The van der Waals surface area contributed by atoms with E-state index in [1.807, 2.05) is 12.1 Å². The monoisotopic (exact) mass is 544 g/mol. The Morgan fingerprint density at radius 2 is 1.94 bits per heavy atom. The van der Waals surface area contributed by atoms with Gasteiger partial charge < -0.3 is 9.15 Å². The fraction of sp³-hybridized carbons (Fsp3) is 0.0435. The molecule has 5 nitrogen and oxygen atoms in total. The van der Waals surface area contributed by atoms with Crippen molar-refractivity contribution in [3.8, 4) is 5.75 Å². The molecule has 1 N–H and O–H groups in total. The number of nitrogens with zero attached hydrogens (tertiary/aromatic N) is 1. The van der Waals surface area contributed by atoms with Gasteiger partial charge >= 0.3 is 5.91 Å². The van der Waals surface area contributed by atoms with E-state index in [0.29, 0.717) is 22.5 Å². The quantitative estimate of drug-likeness (QED) is 0.224. The summed E-state index contributed by atoms with van der Waals surface area (Å²) in [7, 11) is 0. The number of carbonyl (C=O) groups excluding carboxylic acids is 1. The van der Waals surface area contributed by atoms with Crippen molar-refractivity contribution in [3.05, 3.63) is 98.4 Å². The molecule has 0 unspecified atom stereocenters. The number of carbonyl (C=O) groups is 1. The summed E-state index contributed by atoms with van der Waals surface area (Å²) in [6.45, 7) is 0.113. The second-order valence-corrected chi connectivity index (χ2v) is 8.34. The second-order valence-electron chi connectivity index (χ2n) is 6.57. The first kappa shape index (κ1) is 21.3. The van der Waals surface area contributed by atoms with Crippen LogP contribution in [0.25, 0.3) is 11.0 Å².